The number of carbonyl (C=O) groups is 1. The molecule has 0 spiro atoms. The fraction of sp³-hybridized carbons (Fsp3) is 0.438. The van der Waals surface area contributed by atoms with Gasteiger partial charge in [0.15, 0.2) is 0 Å². The van der Waals surface area contributed by atoms with Crippen molar-refractivity contribution in [3.63, 3.8) is 0 Å². The Balaban J connectivity index is 2.17. The number of sulfonamides is 1. The zero-order chi connectivity index (χ0) is 19.3. The zero-order valence-electron chi connectivity index (χ0n) is 14.8. The summed E-state index contributed by atoms with van der Waals surface area (Å²) in [7, 11) is -0.819. The lowest BCUT2D eigenvalue weighted by atomic mass is 10.2. The van der Waals surface area contributed by atoms with Crippen LogP contribution in [0.2, 0.25) is 5.02 Å². The van der Waals surface area contributed by atoms with Gasteiger partial charge < -0.3 is 0 Å². The molecule has 2 rings (SSSR count). The Kier molecular flexibility index (Phi) is 7.10. The average Bonchev–Trinajstić information content (AvgIpc) is 3.02. The average molecular weight is 417 g/mol. The van der Waals surface area contributed by atoms with E-state index >= 15 is 0 Å². The van der Waals surface area contributed by atoms with E-state index in [1.807, 2.05) is 0 Å². The second-order valence-corrected chi connectivity index (χ2v) is 9.46. The molecule has 0 saturated heterocycles. The number of aryl methyl sites for hydroxylation is 1. The Morgan fingerprint density at radius 2 is 2.00 bits per heavy atom. The number of hydrogen-bond donors (Lipinski definition) is 1. The topological polar surface area (TPSA) is 92.3 Å². The fourth-order valence-corrected chi connectivity index (χ4v) is 4.05. The quantitative estimate of drug-likeness (QED) is 0.665. The van der Waals surface area contributed by atoms with Gasteiger partial charge in [0.1, 0.15) is 5.01 Å². The largest absolute Gasteiger partial charge is 0.296 e. The molecular weight excluding hydrogens is 396 g/mol. The van der Waals surface area contributed by atoms with E-state index in [1.54, 1.807) is 0 Å². The third-order valence-electron chi connectivity index (χ3n) is 3.64. The lowest BCUT2D eigenvalue weighted by Gasteiger charge is -2.12. The van der Waals surface area contributed by atoms with Crippen LogP contribution in [0.15, 0.2) is 23.1 Å². The second-order valence-electron chi connectivity index (χ2n) is 5.84. The number of rotatable bonds is 8. The number of unbranched alkanes of at least 4 members (excludes halogenated alkanes) is 2. The first-order valence-electron chi connectivity index (χ1n) is 8.11. The lowest BCUT2D eigenvalue weighted by Crippen LogP contribution is -2.23. The first-order valence-corrected chi connectivity index (χ1v) is 10.7. The maximum Gasteiger partial charge on any atom is 0.259 e. The molecule has 0 unspecified atom stereocenters. The van der Waals surface area contributed by atoms with Crippen LogP contribution in [0.1, 0.15) is 41.6 Å². The summed E-state index contributed by atoms with van der Waals surface area (Å²) in [6, 6.07) is 4.02. The Morgan fingerprint density at radius 3 is 2.65 bits per heavy atom. The molecule has 1 amide bonds. The van der Waals surface area contributed by atoms with Gasteiger partial charge in [0.25, 0.3) is 5.91 Å². The minimum Gasteiger partial charge on any atom is -0.296 e. The molecule has 0 bridgehead atoms. The molecule has 0 aliphatic heterocycles. The molecule has 1 heterocycles. The number of nitrogens with zero attached hydrogens (tertiary/aromatic N) is 3. The highest BCUT2D eigenvalue weighted by molar-refractivity contribution is 7.89. The van der Waals surface area contributed by atoms with Gasteiger partial charge in [-0.05, 0) is 24.6 Å². The van der Waals surface area contributed by atoms with Crippen molar-refractivity contribution in [2.75, 3.05) is 19.4 Å². The maximum absolute atomic E-state index is 12.5. The van der Waals surface area contributed by atoms with Crippen LogP contribution in [-0.2, 0) is 16.4 Å². The van der Waals surface area contributed by atoms with Crippen LogP contribution >= 0.6 is 22.9 Å². The van der Waals surface area contributed by atoms with Crippen molar-refractivity contribution in [1.29, 1.82) is 0 Å². The summed E-state index contributed by atoms with van der Waals surface area (Å²) in [4.78, 5) is 12.5. The van der Waals surface area contributed by atoms with E-state index in [4.69, 9.17) is 11.6 Å². The molecule has 1 aromatic heterocycles. The summed E-state index contributed by atoms with van der Waals surface area (Å²) in [6.07, 6.45) is 4.07. The third-order valence-corrected chi connectivity index (χ3v) is 6.68. The highest BCUT2D eigenvalue weighted by Gasteiger charge is 2.21. The highest BCUT2D eigenvalue weighted by Crippen LogP contribution is 2.24. The van der Waals surface area contributed by atoms with Crippen LogP contribution < -0.4 is 5.32 Å². The molecule has 0 radical (unpaired) electrons. The molecule has 1 N–H and O–H groups in total. The zero-order valence-corrected chi connectivity index (χ0v) is 17.2. The highest BCUT2D eigenvalue weighted by atomic mass is 35.5. The molecule has 26 heavy (non-hydrogen) atoms. The van der Waals surface area contributed by atoms with E-state index in [0.29, 0.717) is 5.13 Å². The van der Waals surface area contributed by atoms with Crippen LogP contribution in [-0.4, -0.2) is 42.9 Å². The van der Waals surface area contributed by atoms with Gasteiger partial charge >= 0.3 is 0 Å². The van der Waals surface area contributed by atoms with E-state index < -0.39 is 15.9 Å². The Hall–Kier alpha value is -1.55. The molecular formula is C16H21ClN4O3S2. The Morgan fingerprint density at radius 1 is 1.27 bits per heavy atom. The SMILES string of the molecule is CCCCCc1nnc(NC(=O)c2cc(S(=O)(=O)N(C)C)ccc2Cl)s1. The summed E-state index contributed by atoms with van der Waals surface area (Å²) in [5.41, 5.74) is 0.0670. The monoisotopic (exact) mass is 416 g/mol. The van der Waals surface area contributed by atoms with Crippen LogP contribution in [0, 0.1) is 0 Å². The predicted octanol–water partition coefficient (Wildman–Crippen LogP) is 3.43. The Labute approximate surface area is 162 Å². The summed E-state index contributed by atoms with van der Waals surface area (Å²) >= 11 is 7.38. The van der Waals surface area contributed by atoms with Gasteiger partial charge in [-0.15, -0.1) is 10.2 Å². The van der Waals surface area contributed by atoms with E-state index in [-0.39, 0.29) is 15.5 Å². The molecule has 1 aromatic carbocycles. The third kappa shape index (κ3) is 5.00. The first-order chi connectivity index (χ1) is 12.3. The van der Waals surface area contributed by atoms with Crippen molar-refractivity contribution in [2.45, 2.75) is 37.5 Å². The normalized spacial score (nSPS) is 11.7. The van der Waals surface area contributed by atoms with Crippen molar-refractivity contribution in [3.8, 4) is 0 Å². The molecule has 0 fully saturated rings. The fourth-order valence-electron chi connectivity index (χ4n) is 2.15. The van der Waals surface area contributed by atoms with Crippen molar-refractivity contribution >= 4 is 44.0 Å². The van der Waals surface area contributed by atoms with Crippen LogP contribution in [0.5, 0.6) is 0 Å². The summed E-state index contributed by atoms with van der Waals surface area (Å²) in [5, 5.41) is 12.0. The van der Waals surface area contributed by atoms with Crippen molar-refractivity contribution in [3.05, 3.63) is 33.8 Å². The van der Waals surface area contributed by atoms with E-state index in [0.717, 1.165) is 35.0 Å². The summed E-state index contributed by atoms with van der Waals surface area (Å²) in [5.74, 6) is -0.526. The summed E-state index contributed by atoms with van der Waals surface area (Å²) in [6.45, 7) is 2.13. The van der Waals surface area contributed by atoms with Crippen LogP contribution in [0.3, 0.4) is 0 Å². The van der Waals surface area contributed by atoms with Crippen molar-refractivity contribution in [1.82, 2.24) is 14.5 Å². The predicted molar refractivity (Wildman–Crippen MR) is 103 cm³/mol. The number of hydrogen-bond acceptors (Lipinski definition) is 6. The van der Waals surface area contributed by atoms with Crippen LogP contribution in [0.25, 0.3) is 0 Å². The van der Waals surface area contributed by atoms with Gasteiger partial charge in [0.05, 0.1) is 15.5 Å². The molecule has 142 valence electrons. The Bertz CT molecular complexity index is 881. The van der Waals surface area contributed by atoms with Gasteiger partial charge in [0.2, 0.25) is 15.2 Å². The van der Waals surface area contributed by atoms with Gasteiger partial charge in [-0.3, -0.25) is 10.1 Å². The van der Waals surface area contributed by atoms with Gasteiger partial charge in [-0.1, -0.05) is 42.7 Å². The number of nitrogens with one attached hydrogen (secondary N) is 1. The van der Waals surface area contributed by atoms with Crippen molar-refractivity contribution in [2.24, 2.45) is 0 Å². The van der Waals surface area contributed by atoms with E-state index in [1.165, 1.54) is 43.6 Å². The van der Waals surface area contributed by atoms with Gasteiger partial charge in [-0.2, -0.15) is 0 Å². The summed E-state index contributed by atoms with van der Waals surface area (Å²) < 4.78 is 25.5. The number of amides is 1. The van der Waals surface area contributed by atoms with Gasteiger partial charge in [-0.25, -0.2) is 12.7 Å². The molecule has 2 aromatic rings. The molecule has 0 atom stereocenters. The number of aromatic nitrogens is 2. The minimum absolute atomic E-state index is 0.00503. The van der Waals surface area contributed by atoms with E-state index in [9.17, 15) is 13.2 Å². The number of halogens is 1. The number of carbonyl (C=O) groups excluding carboxylic acids is 1. The first kappa shape index (κ1) is 20.8. The molecule has 0 saturated carbocycles. The molecule has 0 aliphatic carbocycles. The number of anilines is 1. The van der Waals surface area contributed by atoms with Crippen LogP contribution in [0.4, 0.5) is 5.13 Å². The van der Waals surface area contributed by atoms with E-state index in [2.05, 4.69) is 22.4 Å². The standard InChI is InChI=1S/C16H21ClN4O3S2/c1-4-5-6-7-14-19-20-16(25-14)18-15(22)12-10-11(8-9-13(12)17)26(23,24)21(2)3/h8-10H,4-7H2,1-3H3,(H,18,20,22). The van der Waals surface area contributed by atoms with Gasteiger partial charge in [0, 0.05) is 20.5 Å². The number of benzene rings is 1. The maximum atomic E-state index is 12.5. The smallest absolute Gasteiger partial charge is 0.259 e. The van der Waals surface area contributed by atoms with Crippen molar-refractivity contribution < 1.29 is 13.2 Å². The molecule has 10 heteroatoms. The molecule has 7 nitrogen and oxygen atoms in total. The molecule has 0 aliphatic rings. The minimum atomic E-state index is -3.66. The lowest BCUT2D eigenvalue weighted by molar-refractivity contribution is 0.102. The second kappa shape index (κ2) is 8.90.